The van der Waals surface area contributed by atoms with E-state index in [1.807, 2.05) is 34.6 Å². The summed E-state index contributed by atoms with van der Waals surface area (Å²) < 4.78 is 17.7. The first-order valence-corrected chi connectivity index (χ1v) is 13.6. The second-order valence-corrected chi connectivity index (χ2v) is 12.0. The maximum Gasteiger partial charge on any atom is 0.326 e. The number of nitrogens with one attached hydrogen (secondary N) is 1. The molecule has 1 heterocycles. The number of carboxylic acids is 1. The molecule has 1 aliphatic heterocycles. The Hall–Kier alpha value is -3.30. The Labute approximate surface area is 240 Å². The number of amides is 2. The van der Waals surface area contributed by atoms with Gasteiger partial charge in [0, 0.05) is 28.4 Å². The minimum atomic E-state index is -1.22. The van der Waals surface area contributed by atoms with Gasteiger partial charge in [-0.3, -0.25) is 9.59 Å². The summed E-state index contributed by atoms with van der Waals surface area (Å²) in [6, 6.07) is 9.49. The van der Waals surface area contributed by atoms with Crippen LogP contribution in [0.1, 0.15) is 64.7 Å². The second-order valence-electron chi connectivity index (χ2n) is 11.6. The van der Waals surface area contributed by atoms with Crippen LogP contribution >= 0.6 is 11.6 Å². The molecule has 2 aromatic carbocycles. The molecule has 2 N–H and O–H groups in total. The van der Waals surface area contributed by atoms with E-state index in [9.17, 15) is 19.5 Å². The quantitative estimate of drug-likeness (QED) is 0.399. The maximum absolute atomic E-state index is 14.1. The summed E-state index contributed by atoms with van der Waals surface area (Å²) in [6.07, 6.45) is -2.19. The molecule has 0 saturated carbocycles. The lowest BCUT2D eigenvalue weighted by atomic mass is 9.94. The number of anilines is 1. The lowest BCUT2D eigenvalue weighted by Crippen LogP contribution is -2.47. The normalized spacial score (nSPS) is 18.1. The number of hydrogen-bond acceptors (Lipinski definition) is 6. The van der Waals surface area contributed by atoms with Crippen molar-refractivity contribution in [3.05, 3.63) is 52.5 Å². The third-order valence-electron chi connectivity index (χ3n) is 6.46. The number of carbonyl (C=O) groups is 3. The van der Waals surface area contributed by atoms with Crippen molar-refractivity contribution in [3.8, 4) is 11.5 Å². The molecule has 2 aromatic rings. The molecule has 1 aliphatic rings. The Morgan fingerprint density at radius 2 is 1.82 bits per heavy atom. The number of ether oxygens (including phenoxy) is 3. The molecule has 2 amide bonds. The molecule has 0 aliphatic carbocycles. The number of methoxy groups -OCH3 is 2. The predicted molar refractivity (Wildman–Crippen MR) is 153 cm³/mol. The van der Waals surface area contributed by atoms with E-state index in [0.29, 0.717) is 39.9 Å². The zero-order valence-electron chi connectivity index (χ0n) is 24.1. The highest BCUT2D eigenvalue weighted by molar-refractivity contribution is 6.30. The van der Waals surface area contributed by atoms with E-state index < -0.39 is 36.0 Å². The highest BCUT2D eigenvalue weighted by atomic mass is 35.5. The fourth-order valence-corrected chi connectivity index (χ4v) is 5.00. The molecular formula is C30H39ClN2O7. The molecule has 218 valence electrons. The van der Waals surface area contributed by atoms with Gasteiger partial charge in [0.05, 0.1) is 20.6 Å². The van der Waals surface area contributed by atoms with Crippen LogP contribution in [-0.2, 0) is 19.1 Å². The summed E-state index contributed by atoms with van der Waals surface area (Å²) in [5.41, 5.74) is 1.52. The van der Waals surface area contributed by atoms with Crippen LogP contribution in [0, 0.1) is 11.3 Å². The Morgan fingerprint density at radius 3 is 2.40 bits per heavy atom. The summed E-state index contributed by atoms with van der Waals surface area (Å²) in [6.45, 7) is 10.1. The summed E-state index contributed by atoms with van der Waals surface area (Å²) in [7, 11) is 3.04. The molecule has 0 radical (unpaired) electrons. The molecule has 0 bridgehead atoms. The van der Waals surface area contributed by atoms with E-state index >= 15 is 0 Å². The molecule has 3 atom stereocenters. The summed E-state index contributed by atoms with van der Waals surface area (Å²) in [5, 5.41) is 12.6. The number of carbonyl (C=O) groups excluding carboxylic acids is 2. The molecular weight excluding hydrogens is 536 g/mol. The van der Waals surface area contributed by atoms with Crippen LogP contribution in [0.25, 0.3) is 0 Å². The van der Waals surface area contributed by atoms with Gasteiger partial charge in [0.15, 0.2) is 11.5 Å². The number of hydrogen-bond donors (Lipinski definition) is 2. The van der Waals surface area contributed by atoms with E-state index in [-0.39, 0.29) is 24.2 Å². The van der Waals surface area contributed by atoms with Crippen molar-refractivity contribution in [2.24, 2.45) is 11.3 Å². The van der Waals surface area contributed by atoms with Crippen molar-refractivity contribution in [1.82, 2.24) is 5.32 Å². The van der Waals surface area contributed by atoms with E-state index in [4.69, 9.17) is 25.8 Å². The molecule has 10 heteroatoms. The standard InChI is InChI=1S/C30H39ClN2O7/c1-17(2)13-21(29(36)37)32-25(34)15-24-28(35)33(16-30(3,4)5)22-12-11-18(31)14-20(22)26(40-24)19-9-8-10-23(38-6)27(19)39-7/h8-12,14,17,21,24,26H,13,15-16H2,1-7H3,(H,32,34)(H,36,37)/t21-,24-,26+/m1/s1. The number of fused-ring (bicyclic) bond motifs is 1. The first kappa shape index (κ1) is 31.2. The van der Waals surface area contributed by atoms with Crippen LogP contribution in [0.4, 0.5) is 5.69 Å². The third-order valence-corrected chi connectivity index (χ3v) is 6.70. The summed E-state index contributed by atoms with van der Waals surface area (Å²) in [4.78, 5) is 40.6. The van der Waals surface area contributed by atoms with Gasteiger partial charge >= 0.3 is 5.97 Å². The molecule has 40 heavy (non-hydrogen) atoms. The van der Waals surface area contributed by atoms with Gasteiger partial charge in [0.2, 0.25) is 5.91 Å². The van der Waals surface area contributed by atoms with E-state index in [0.717, 1.165) is 0 Å². The van der Waals surface area contributed by atoms with Gasteiger partial charge < -0.3 is 29.5 Å². The van der Waals surface area contributed by atoms with Crippen molar-refractivity contribution < 1.29 is 33.7 Å². The van der Waals surface area contributed by atoms with Crippen LogP contribution in [0.3, 0.4) is 0 Å². The number of aliphatic carboxylic acids is 1. The Morgan fingerprint density at radius 1 is 1.12 bits per heavy atom. The SMILES string of the molecule is COc1cccc([C@@H]2O[C@H](CC(=O)N[C@H](CC(C)C)C(=O)O)C(=O)N(CC(C)(C)C)c3ccc(Cl)cc32)c1OC. The van der Waals surface area contributed by atoms with Gasteiger partial charge in [-0.05, 0) is 42.0 Å². The largest absolute Gasteiger partial charge is 0.493 e. The number of halogens is 1. The Balaban J connectivity index is 2.13. The molecule has 3 rings (SSSR count). The van der Waals surface area contributed by atoms with Crippen LogP contribution in [0.5, 0.6) is 11.5 Å². The van der Waals surface area contributed by atoms with Gasteiger partial charge in [0.1, 0.15) is 18.2 Å². The van der Waals surface area contributed by atoms with Gasteiger partial charge in [-0.2, -0.15) is 0 Å². The van der Waals surface area contributed by atoms with Crippen LogP contribution < -0.4 is 19.7 Å². The second kappa shape index (κ2) is 12.9. The van der Waals surface area contributed by atoms with Crippen molar-refractivity contribution in [2.45, 2.75) is 65.7 Å². The van der Waals surface area contributed by atoms with Crippen LogP contribution in [0.15, 0.2) is 36.4 Å². The summed E-state index contributed by atoms with van der Waals surface area (Å²) >= 11 is 6.45. The molecule has 9 nitrogen and oxygen atoms in total. The summed E-state index contributed by atoms with van der Waals surface area (Å²) in [5.74, 6) is -1.20. The number of para-hydroxylation sites is 1. The van der Waals surface area contributed by atoms with Crippen LogP contribution in [-0.4, -0.2) is 55.8 Å². The fraction of sp³-hybridized carbons (Fsp3) is 0.500. The molecule has 0 aromatic heterocycles. The topological polar surface area (TPSA) is 114 Å². The Bertz CT molecular complexity index is 1240. The lowest BCUT2D eigenvalue weighted by Gasteiger charge is -2.31. The molecule has 0 fully saturated rings. The average molecular weight is 575 g/mol. The molecule has 0 saturated heterocycles. The monoisotopic (exact) mass is 574 g/mol. The average Bonchev–Trinajstić information content (AvgIpc) is 2.96. The Kier molecular flexibility index (Phi) is 10.1. The number of carboxylic acid groups (broad SMARTS) is 1. The van der Waals surface area contributed by atoms with Gasteiger partial charge in [-0.15, -0.1) is 0 Å². The number of nitrogens with zero attached hydrogens (tertiary/aromatic N) is 1. The zero-order valence-corrected chi connectivity index (χ0v) is 24.9. The number of rotatable bonds is 10. The number of benzene rings is 2. The van der Waals surface area contributed by atoms with E-state index in [2.05, 4.69) is 5.32 Å². The minimum Gasteiger partial charge on any atom is -0.493 e. The minimum absolute atomic E-state index is 0.0450. The molecule has 0 spiro atoms. The highest BCUT2D eigenvalue weighted by Gasteiger charge is 2.40. The third kappa shape index (κ3) is 7.46. The lowest BCUT2D eigenvalue weighted by molar-refractivity contribution is -0.144. The van der Waals surface area contributed by atoms with Crippen molar-refractivity contribution >= 4 is 35.1 Å². The highest BCUT2D eigenvalue weighted by Crippen LogP contribution is 2.45. The van der Waals surface area contributed by atoms with Gasteiger partial charge in [-0.1, -0.05) is 58.4 Å². The van der Waals surface area contributed by atoms with Gasteiger partial charge in [-0.25, -0.2) is 4.79 Å². The van der Waals surface area contributed by atoms with Gasteiger partial charge in [0.25, 0.3) is 5.91 Å². The van der Waals surface area contributed by atoms with E-state index in [1.54, 1.807) is 41.3 Å². The maximum atomic E-state index is 14.1. The van der Waals surface area contributed by atoms with Crippen LogP contribution in [0.2, 0.25) is 5.02 Å². The first-order valence-electron chi connectivity index (χ1n) is 13.2. The molecule has 0 unspecified atom stereocenters. The zero-order chi connectivity index (χ0) is 29.8. The van der Waals surface area contributed by atoms with Crippen molar-refractivity contribution in [2.75, 3.05) is 25.7 Å². The fourth-order valence-electron chi connectivity index (χ4n) is 4.82. The van der Waals surface area contributed by atoms with Crippen molar-refractivity contribution in [1.29, 1.82) is 0 Å². The van der Waals surface area contributed by atoms with E-state index in [1.165, 1.54) is 14.2 Å². The smallest absolute Gasteiger partial charge is 0.326 e. The van der Waals surface area contributed by atoms with Crippen molar-refractivity contribution in [3.63, 3.8) is 0 Å². The first-order chi connectivity index (χ1) is 18.7. The predicted octanol–water partition coefficient (Wildman–Crippen LogP) is 5.23.